The Labute approximate surface area is 122 Å². The fourth-order valence-corrected chi connectivity index (χ4v) is 2.82. The van der Waals surface area contributed by atoms with Crippen LogP contribution in [0.2, 0.25) is 0 Å². The Bertz CT molecular complexity index is 564. The second-order valence-electron chi connectivity index (χ2n) is 4.49. The van der Waals surface area contributed by atoms with Gasteiger partial charge < -0.3 is 14.6 Å². The highest BCUT2D eigenvalue weighted by atomic mass is 32.2. The number of aryl methyl sites for hydroxylation is 3. The molecule has 7 nitrogen and oxygen atoms in total. The van der Waals surface area contributed by atoms with Crippen LogP contribution in [0.5, 0.6) is 0 Å². The Balaban J connectivity index is 2.13. The molecule has 0 spiro atoms. The zero-order valence-electron chi connectivity index (χ0n) is 12.3. The molecule has 0 aliphatic heterocycles. The molecule has 0 fully saturated rings. The smallest absolute Gasteiger partial charge is 0.197 e. The van der Waals surface area contributed by atoms with Crippen molar-refractivity contribution in [3.8, 4) is 0 Å². The van der Waals surface area contributed by atoms with E-state index in [0.29, 0.717) is 6.61 Å². The molecule has 0 radical (unpaired) electrons. The number of rotatable bonds is 7. The minimum Gasteiger partial charge on any atom is -0.383 e. The number of methoxy groups -OCH3 is 1. The summed E-state index contributed by atoms with van der Waals surface area (Å²) in [6.45, 7) is 4.31. The van der Waals surface area contributed by atoms with E-state index in [-0.39, 0.29) is 0 Å². The highest BCUT2D eigenvalue weighted by Crippen LogP contribution is 2.29. The number of nitrogens with one attached hydrogen (secondary N) is 1. The average molecular weight is 296 g/mol. The van der Waals surface area contributed by atoms with Crippen LogP contribution in [0.1, 0.15) is 11.3 Å². The molecule has 20 heavy (non-hydrogen) atoms. The van der Waals surface area contributed by atoms with Gasteiger partial charge in [-0.2, -0.15) is 5.10 Å². The van der Waals surface area contributed by atoms with Gasteiger partial charge in [-0.05, 0) is 18.7 Å². The molecule has 0 saturated heterocycles. The third kappa shape index (κ3) is 3.38. The van der Waals surface area contributed by atoms with Crippen LogP contribution in [0.25, 0.3) is 0 Å². The summed E-state index contributed by atoms with van der Waals surface area (Å²) in [4.78, 5) is 0. The van der Waals surface area contributed by atoms with Crippen LogP contribution >= 0.6 is 11.8 Å². The van der Waals surface area contributed by atoms with Gasteiger partial charge in [0.1, 0.15) is 11.4 Å². The molecule has 0 aromatic carbocycles. The van der Waals surface area contributed by atoms with E-state index in [0.717, 1.165) is 29.0 Å². The molecule has 0 bridgehead atoms. The molecule has 2 aromatic rings. The monoisotopic (exact) mass is 296 g/mol. The molecule has 8 heteroatoms. The lowest BCUT2D eigenvalue weighted by Crippen LogP contribution is -2.19. The first-order valence-corrected chi connectivity index (χ1v) is 7.19. The van der Waals surface area contributed by atoms with Gasteiger partial charge in [-0.3, -0.25) is 4.68 Å². The number of nitrogens with zero attached hydrogens (tertiary/aromatic N) is 5. The minimum absolute atomic E-state index is 0.699. The summed E-state index contributed by atoms with van der Waals surface area (Å²) in [5.74, 6) is 0. The molecular formula is C12H20N6OS. The molecule has 2 heterocycles. The summed E-state index contributed by atoms with van der Waals surface area (Å²) < 4.78 is 8.83. The maximum atomic E-state index is 5.04. The van der Waals surface area contributed by atoms with Crippen molar-refractivity contribution in [2.24, 2.45) is 14.1 Å². The summed E-state index contributed by atoms with van der Waals surface area (Å²) >= 11 is 1.58. The van der Waals surface area contributed by atoms with E-state index in [9.17, 15) is 0 Å². The quantitative estimate of drug-likeness (QED) is 0.760. The van der Waals surface area contributed by atoms with Gasteiger partial charge in [0.15, 0.2) is 5.16 Å². The summed E-state index contributed by atoms with van der Waals surface area (Å²) in [6.07, 6.45) is 1.70. The van der Waals surface area contributed by atoms with Crippen molar-refractivity contribution in [2.75, 3.05) is 20.3 Å². The van der Waals surface area contributed by atoms with Crippen LogP contribution in [0.4, 0.5) is 0 Å². The third-order valence-electron chi connectivity index (χ3n) is 2.93. The van der Waals surface area contributed by atoms with Crippen molar-refractivity contribution >= 4 is 11.8 Å². The highest BCUT2D eigenvalue weighted by Gasteiger charge is 2.16. The zero-order valence-corrected chi connectivity index (χ0v) is 13.1. The summed E-state index contributed by atoms with van der Waals surface area (Å²) in [5.41, 5.74) is 2.22. The summed E-state index contributed by atoms with van der Waals surface area (Å²) in [6, 6.07) is 0. The maximum Gasteiger partial charge on any atom is 0.197 e. The standard InChI is InChI=1S/C12H20N6OS/c1-9-10(7-13-5-6-19-4)11(18(3)16-9)20-12-15-14-8-17(12)2/h8,13H,5-7H2,1-4H3. The normalized spacial score (nSPS) is 11.2. The summed E-state index contributed by atoms with van der Waals surface area (Å²) in [5, 5.41) is 17.8. The van der Waals surface area contributed by atoms with Gasteiger partial charge in [0.2, 0.25) is 0 Å². The van der Waals surface area contributed by atoms with Crippen molar-refractivity contribution in [1.82, 2.24) is 29.9 Å². The molecule has 0 atom stereocenters. The van der Waals surface area contributed by atoms with Crippen LogP contribution in [-0.2, 0) is 25.4 Å². The van der Waals surface area contributed by atoms with E-state index in [1.165, 1.54) is 5.56 Å². The highest BCUT2D eigenvalue weighted by molar-refractivity contribution is 7.99. The molecule has 110 valence electrons. The Morgan fingerprint density at radius 1 is 1.40 bits per heavy atom. The van der Waals surface area contributed by atoms with Crippen LogP contribution in [0.3, 0.4) is 0 Å². The van der Waals surface area contributed by atoms with Gasteiger partial charge in [-0.15, -0.1) is 10.2 Å². The van der Waals surface area contributed by atoms with Crippen LogP contribution in [0, 0.1) is 6.92 Å². The Morgan fingerprint density at radius 3 is 2.85 bits per heavy atom. The third-order valence-corrected chi connectivity index (χ3v) is 4.19. The van der Waals surface area contributed by atoms with E-state index >= 15 is 0 Å². The topological polar surface area (TPSA) is 69.8 Å². The number of ether oxygens (including phenoxy) is 1. The van der Waals surface area contributed by atoms with E-state index in [1.54, 1.807) is 25.2 Å². The minimum atomic E-state index is 0.699. The zero-order chi connectivity index (χ0) is 14.5. The van der Waals surface area contributed by atoms with Gasteiger partial charge >= 0.3 is 0 Å². The molecular weight excluding hydrogens is 276 g/mol. The second kappa shape index (κ2) is 6.87. The predicted octanol–water partition coefficient (Wildman–Crippen LogP) is 0.744. The molecule has 0 unspecified atom stereocenters. The van der Waals surface area contributed by atoms with Crippen molar-refractivity contribution in [3.05, 3.63) is 17.6 Å². The first-order chi connectivity index (χ1) is 9.63. The lowest BCUT2D eigenvalue weighted by Gasteiger charge is -2.07. The number of hydrogen-bond acceptors (Lipinski definition) is 6. The fraction of sp³-hybridized carbons (Fsp3) is 0.583. The average Bonchev–Trinajstić information content (AvgIpc) is 2.92. The van der Waals surface area contributed by atoms with Gasteiger partial charge in [0.25, 0.3) is 0 Å². The molecule has 2 aromatic heterocycles. The van der Waals surface area contributed by atoms with Gasteiger partial charge in [0.05, 0.1) is 12.3 Å². The van der Waals surface area contributed by atoms with Crippen molar-refractivity contribution < 1.29 is 4.74 Å². The van der Waals surface area contributed by atoms with Crippen LogP contribution in [0.15, 0.2) is 16.5 Å². The van der Waals surface area contributed by atoms with Crippen LogP contribution in [-0.4, -0.2) is 44.8 Å². The Kier molecular flexibility index (Phi) is 5.16. The SMILES string of the molecule is COCCNCc1c(C)nn(C)c1Sc1nncn1C. The van der Waals surface area contributed by atoms with Crippen molar-refractivity contribution in [2.45, 2.75) is 23.7 Å². The molecule has 1 N–H and O–H groups in total. The van der Waals surface area contributed by atoms with Gasteiger partial charge in [-0.1, -0.05) is 0 Å². The number of aromatic nitrogens is 5. The first-order valence-electron chi connectivity index (χ1n) is 6.37. The van der Waals surface area contributed by atoms with Gasteiger partial charge in [-0.25, -0.2) is 0 Å². The second-order valence-corrected chi connectivity index (χ2v) is 5.44. The Hall–Kier alpha value is -1.38. The van der Waals surface area contributed by atoms with E-state index in [2.05, 4.69) is 20.6 Å². The van der Waals surface area contributed by atoms with Gasteiger partial charge in [0, 0.05) is 39.9 Å². The molecule has 2 rings (SSSR count). The number of hydrogen-bond donors (Lipinski definition) is 1. The first kappa shape index (κ1) is 15.0. The fourth-order valence-electron chi connectivity index (χ4n) is 1.85. The van der Waals surface area contributed by atoms with E-state index in [4.69, 9.17) is 4.74 Å². The van der Waals surface area contributed by atoms with Crippen molar-refractivity contribution in [3.63, 3.8) is 0 Å². The maximum absolute atomic E-state index is 5.04. The predicted molar refractivity (Wildman–Crippen MR) is 76.7 cm³/mol. The van der Waals surface area contributed by atoms with Crippen LogP contribution < -0.4 is 5.32 Å². The lowest BCUT2D eigenvalue weighted by molar-refractivity contribution is 0.199. The Morgan fingerprint density at radius 2 is 2.20 bits per heavy atom. The van der Waals surface area contributed by atoms with E-state index < -0.39 is 0 Å². The molecule has 0 aliphatic rings. The summed E-state index contributed by atoms with van der Waals surface area (Å²) in [7, 11) is 5.58. The molecule has 0 saturated carbocycles. The molecule has 0 amide bonds. The molecule has 0 aliphatic carbocycles. The van der Waals surface area contributed by atoms with Crippen molar-refractivity contribution in [1.29, 1.82) is 0 Å². The lowest BCUT2D eigenvalue weighted by atomic mass is 10.2. The van der Waals surface area contributed by atoms with E-state index in [1.807, 2.05) is 30.3 Å². The largest absolute Gasteiger partial charge is 0.383 e.